The molecular weight excluding hydrogens is 389 g/mol. The summed E-state index contributed by atoms with van der Waals surface area (Å²) in [5.74, 6) is -3.43. The first-order chi connectivity index (χ1) is 13.4. The van der Waals surface area contributed by atoms with Crippen LogP contribution in [-0.4, -0.2) is 35.6 Å². The number of hydrogen-bond acceptors (Lipinski definition) is 3. The van der Waals surface area contributed by atoms with Crippen LogP contribution in [0.4, 0.5) is 18.9 Å². The third kappa shape index (κ3) is 5.28. The molecule has 1 N–H and O–H groups in total. The Morgan fingerprint density at radius 2 is 1.61 bits per heavy atom. The molecule has 148 valence electrons. The van der Waals surface area contributed by atoms with Gasteiger partial charge in [-0.2, -0.15) is 8.78 Å². The van der Waals surface area contributed by atoms with Gasteiger partial charge in [0.1, 0.15) is 5.82 Å². The van der Waals surface area contributed by atoms with E-state index >= 15 is 0 Å². The lowest BCUT2D eigenvalue weighted by Gasteiger charge is -2.31. The molecule has 0 radical (unpaired) electrons. The summed E-state index contributed by atoms with van der Waals surface area (Å²) < 4.78 is 37.7. The average molecular weight is 408 g/mol. The van der Waals surface area contributed by atoms with Gasteiger partial charge in [0.25, 0.3) is 11.7 Å². The minimum absolute atomic E-state index is 0.150. The number of halogens is 3. The lowest BCUT2D eigenvalue weighted by Crippen LogP contribution is -2.41. The van der Waals surface area contributed by atoms with E-state index in [2.05, 4.69) is 5.32 Å². The van der Waals surface area contributed by atoms with Crippen molar-refractivity contribution in [2.45, 2.75) is 23.5 Å². The molecule has 1 aliphatic heterocycles. The predicted molar refractivity (Wildman–Crippen MR) is 102 cm³/mol. The minimum Gasteiger partial charge on any atom is -0.339 e. The van der Waals surface area contributed by atoms with Crippen LogP contribution in [-0.2, 0) is 4.79 Å². The number of rotatable bonds is 5. The van der Waals surface area contributed by atoms with Crippen molar-refractivity contribution >= 4 is 29.3 Å². The van der Waals surface area contributed by atoms with Gasteiger partial charge in [0.05, 0.1) is 0 Å². The normalized spacial score (nSPS) is 14.9. The first kappa shape index (κ1) is 20.3. The number of nitrogens with one attached hydrogen (secondary N) is 1. The highest BCUT2D eigenvalue weighted by atomic mass is 32.2. The van der Waals surface area contributed by atoms with E-state index in [1.165, 1.54) is 36.4 Å². The summed E-state index contributed by atoms with van der Waals surface area (Å²) in [4.78, 5) is 27.0. The van der Waals surface area contributed by atoms with Gasteiger partial charge in [-0.1, -0.05) is 11.8 Å². The number of nitrogens with zero attached hydrogens (tertiary/aromatic N) is 1. The summed E-state index contributed by atoms with van der Waals surface area (Å²) >= 11 is 0.452. The number of alkyl halides is 2. The first-order valence-electron chi connectivity index (χ1n) is 8.83. The monoisotopic (exact) mass is 408 g/mol. The van der Waals surface area contributed by atoms with Crippen LogP contribution >= 0.6 is 11.8 Å². The Morgan fingerprint density at radius 1 is 1.00 bits per heavy atom. The summed E-state index contributed by atoms with van der Waals surface area (Å²) in [6.45, 7) is 0.885. The van der Waals surface area contributed by atoms with E-state index in [4.69, 9.17) is 0 Å². The van der Waals surface area contributed by atoms with E-state index in [1.807, 2.05) is 0 Å². The maximum atomic E-state index is 13.0. The van der Waals surface area contributed by atoms with Crippen LogP contribution in [0.25, 0.3) is 0 Å². The Kier molecular flexibility index (Phi) is 6.61. The number of anilines is 1. The third-order valence-corrected chi connectivity index (χ3v) is 5.31. The van der Waals surface area contributed by atoms with Gasteiger partial charge in [-0.3, -0.25) is 9.59 Å². The van der Waals surface area contributed by atoms with Gasteiger partial charge in [-0.25, -0.2) is 4.39 Å². The van der Waals surface area contributed by atoms with Crippen molar-refractivity contribution < 1.29 is 22.8 Å². The van der Waals surface area contributed by atoms with Crippen LogP contribution < -0.4 is 5.32 Å². The summed E-state index contributed by atoms with van der Waals surface area (Å²) in [6, 6.07) is 11.7. The van der Waals surface area contributed by atoms with Crippen molar-refractivity contribution in [2.24, 2.45) is 5.92 Å². The molecule has 0 aromatic heterocycles. The van der Waals surface area contributed by atoms with Crippen molar-refractivity contribution in [3.8, 4) is 0 Å². The fourth-order valence-corrected chi connectivity index (χ4v) is 3.58. The maximum Gasteiger partial charge on any atom is 0.288 e. The molecule has 3 rings (SSSR count). The Labute approximate surface area is 165 Å². The second-order valence-electron chi connectivity index (χ2n) is 6.47. The van der Waals surface area contributed by atoms with Gasteiger partial charge >= 0.3 is 0 Å². The van der Waals surface area contributed by atoms with Crippen LogP contribution in [0.1, 0.15) is 23.2 Å². The Hall–Kier alpha value is -2.48. The quantitative estimate of drug-likeness (QED) is 0.734. The number of carbonyl (C=O) groups excluding carboxylic acids is 2. The van der Waals surface area contributed by atoms with Crippen LogP contribution in [0.15, 0.2) is 53.4 Å². The summed E-state index contributed by atoms with van der Waals surface area (Å²) in [6.07, 6.45) is 1.05. The molecule has 28 heavy (non-hydrogen) atoms. The standard InChI is InChI=1S/C20H19F3N2O2S/c21-15-3-1-14(2-4-15)19(27)25-11-9-13(10-12-25)18(26)24-16-5-7-17(8-6-16)28-20(22)23/h1-8,13,20H,9-12H2,(H,24,26). The molecular formula is C20H19F3N2O2S. The molecule has 8 heteroatoms. The predicted octanol–water partition coefficient (Wildman–Crippen LogP) is 4.63. The van der Waals surface area contributed by atoms with Crippen molar-refractivity contribution in [2.75, 3.05) is 18.4 Å². The van der Waals surface area contributed by atoms with Crippen LogP contribution in [0.5, 0.6) is 0 Å². The zero-order valence-corrected chi connectivity index (χ0v) is 15.7. The molecule has 0 spiro atoms. The molecule has 1 heterocycles. The van der Waals surface area contributed by atoms with E-state index in [9.17, 15) is 22.8 Å². The maximum absolute atomic E-state index is 13.0. The number of amides is 2. The topological polar surface area (TPSA) is 49.4 Å². The average Bonchev–Trinajstić information content (AvgIpc) is 2.69. The van der Waals surface area contributed by atoms with E-state index in [-0.39, 0.29) is 17.7 Å². The molecule has 0 saturated carbocycles. The van der Waals surface area contributed by atoms with Crippen LogP contribution in [0, 0.1) is 11.7 Å². The lowest BCUT2D eigenvalue weighted by molar-refractivity contribution is -0.121. The molecule has 2 aromatic rings. The molecule has 0 bridgehead atoms. The van der Waals surface area contributed by atoms with Gasteiger partial charge in [0, 0.05) is 35.2 Å². The summed E-state index contributed by atoms with van der Waals surface area (Å²) in [5, 5.41) is 2.79. The second kappa shape index (κ2) is 9.14. The van der Waals surface area contributed by atoms with Crippen molar-refractivity contribution in [1.82, 2.24) is 4.90 Å². The van der Waals surface area contributed by atoms with Crippen LogP contribution in [0.2, 0.25) is 0 Å². The van der Waals surface area contributed by atoms with Crippen molar-refractivity contribution in [1.29, 1.82) is 0 Å². The number of piperidine rings is 1. The smallest absolute Gasteiger partial charge is 0.288 e. The second-order valence-corrected chi connectivity index (χ2v) is 7.53. The van der Waals surface area contributed by atoms with E-state index in [1.54, 1.807) is 17.0 Å². The molecule has 2 aromatic carbocycles. The highest BCUT2D eigenvalue weighted by Gasteiger charge is 2.28. The van der Waals surface area contributed by atoms with Gasteiger partial charge < -0.3 is 10.2 Å². The molecule has 1 saturated heterocycles. The summed E-state index contributed by atoms with van der Waals surface area (Å²) in [5.41, 5.74) is 0.972. The Bertz CT molecular complexity index is 820. The minimum atomic E-state index is -2.48. The number of thioether (sulfide) groups is 1. The fourth-order valence-electron chi connectivity index (χ4n) is 3.08. The Balaban J connectivity index is 1.50. The first-order valence-corrected chi connectivity index (χ1v) is 9.71. The van der Waals surface area contributed by atoms with Crippen molar-refractivity contribution in [3.63, 3.8) is 0 Å². The Morgan fingerprint density at radius 3 is 2.18 bits per heavy atom. The summed E-state index contributed by atoms with van der Waals surface area (Å²) in [7, 11) is 0. The molecule has 0 unspecified atom stereocenters. The van der Waals surface area contributed by atoms with E-state index in [0.717, 1.165) is 0 Å². The third-order valence-electron chi connectivity index (χ3n) is 4.59. The lowest BCUT2D eigenvalue weighted by atomic mass is 9.95. The zero-order valence-electron chi connectivity index (χ0n) is 14.9. The largest absolute Gasteiger partial charge is 0.339 e. The molecule has 1 aliphatic rings. The number of benzene rings is 2. The molecule has 0 aliphatic carbocycles. The molecule has 1 fully saturated rings. The van der Waals surface area contributed by atoms with E-state index in [0.29, 0.717) is 53.8 Å². The molecule has 4 nitrogen and oxygen atoms in total. The molecule has 0 atom stereocenters. The number of carbonyl (C=O) groups is 2. The van der Waals surface area contributed by atoms with Crippen molar-refractivity contribution in [3.05, 3.63) is 59.9 Å². The fraction of sp³-hybridized carbons (Fsp3) is 0.300. The molecule has 2 amide bonds. The SMILES string of the molecule is O=C(Nc1ccc(SC(F)F)cc1)C1CCN(C(=O)c2ccc(F)cc2)CC1. The number of likely N-dealkylation sites (tertiary alicyclic amines) is 1. The zero-order chi connectivity index (χ0) is 20.1. The van der Waals surface area contributed by atoms with E-state index < -0.39 is 11.6 Å². The highest BCUT2D eigenvalue weighted by Crippen LogP contribution is 2.27. The highest BCUT2D eigenvalue weighted by molar-refractivity contribution is 7.99. The van der Waals surface area contributed by atoms with Gasteiger partial charge in [-0.05, 0) is 61.4 Å². The van der Waals surface area contributed by atoms with Gasteiger partial charge in [0.15, 0.2) is 0 Å². The van der Waals surface area contributed by atoms with Gasteiger partial charge in [0.2, 0.25) is 5.91 Å². The van der Waals surface area contributed by atoms with Crippen LogP contribution in [0.3, 0.4) is 0 Å². The van der Waals surface area contributed by atoms with Gasteiger partial charge in [-0.15, -0.1) is 0 Å². The number of hydrogen-bond donors (Lipinski definition) is 1.